The Hall–Kier alpha value is -7.77. The number of hydrogen-bond donors (Lipinski definition) is 11. The van der Waals surface area contributed by atoms with Gasteiger partial charge >= 0.3 is 0 Å². The molecule has 0 radical (unpaired) electrons. The summed E-state index contributed by atoms with van der Waals surface area (Å²) in [4.78, 5) is 108. The Bertz CT molecular complexity index is 2650. The fraction of sp³-hybridized carbons (Fsp3) is 0.463. The number of carbonyl (C=O) groups excluding carboxylic acids is 7. The molecule has 74 heavy (non-hydrogen) atoms. The van der Waals surface area contributed by atoms with E-state index in [1.54, 1.807) is 0 Å². The van der Waals surface area contributed by atoms with Crippen molar-refractivity contribution >= 4 is 74.8 Å². The summed E-state index contributed by atoms with van der Waals surface area (Å²) in [7, 11) is 0. The van der Waals surface area contributed by atoms with Crippen molar-refractivity contribution < 1.29 is 33.6 Å². The van der Waals surface area contributed by atoms with Gasteiger partial charge in [-0.15, -0.1) is 0 Å². The molecule has 1 aliphatic heterocycles. The summed E-state index contributed by atoms with van der Waals surface area (Å²) in [5.74, 6) is -4.87. The molecule has 20 nitrogen and oxygen atoms in total. The second-order valence-electron chi connectivity index (χ2n) is 19.7. The highest BCUT2D eigenvalue weighted by molar-refractivity contribution is 5.97. The van der Waals surface area contributed by atoms with Crippen LogP contribution in [0.1, 0.15) is 90.2 Å². The van der Waals surface area contributed by atoms with Crippen LogP contribution in [0.2, 0.25) is 0 Å². The van der Waals surface area contributed by atoms with Crippen molar-refractivity contribution in [3.8, 4) is 0 Å². The molecular weight excluding hydrogens is 943 g/mol. The standard InChI is InChI=1S/C54H75N13O7/c1-32(2)26-42-50(72)63-41(17-10-25-61-54(57)58)49(71)67-45(31-35-20-22-37-13-6-8-15-39(37)29-35)52(74)65-43(27-33(3)4)51(73)64-40(16-9-24-60-53(55)56)48(70)66-44(47(69)59-23-11-18-46(68)62-42)30-34-19-21-36-12-5-7-14-38(36)28-34/h5-8,12-15,19-22,28-29,32-33,40-45H,9-11,16-18,23-27,30-31H2,1-4H3,(H,59,69)(H,62,68)(H,63,72)(H,64,73)(H,65,74)(H,66,70)(H,67,71)(H4,55,56,60)(H4,57,58,61)/t40-,41-,42-,43-,44-,45-/m0/s1. The second kappa shape index (κ2) is 28.5. The van der Waals surface area contributed by atoms with Gasteiger partial charge in [0.05, 0.1) is 0 Å². The summed E-state index contributed by atoms with van der Waals surface area (Å²) in [6.45, 7) is 7.84. The molecular formula is C54H75N13O7. The first kappa shape index (κ1) is 57.1. The summed E-state index contributed by atoms with van der Waals surface area (Å²) >= 11 is 0. The predicted octanol–water partition coefficient (Wildman–Crippen LogP) is 1.80. The van der Waals surface area contributed by atoms with Gasteiger partial charge in [0, 0.05) is 38.9 Å². The van der Waals surface area contributed by atoms with Gasteiger partial charge in [-0.05, 0) is 89.5 Å². The number of aliphatic imine (C=N–C) groups is 2. The topological polar surface area (TPSA) is 332 Å². The number of guanidine groups is 2. The van der Waals surface area contributed by atoms with Crippen molar-refractivity contribution in [1.29, 1.82) is 0 Å². The summed E-state index contributed by atoms with van der Waals surface area (Å²) in [5.41, 5.74) is 23.8. The molecule has 4 aromatic rings. The Morgan fingerprint density at radius 1 is 0.486 bits per heavy atom. The molecule has 6 atom stereocenters. The van der Waals surface area contributed by atoms with Crippen molar-refractivity contribution in [3.63, 3.8) is 0 Å². The van der Waals surface area contributed by atoms with Crippen LogP contribution in [0.3, 0.4) is 0 Å². The van der Waals surface area contributed by atoms with Crippen LogP contribution >= 0.6 is 0 Å². The number of fused-ring (bicyclic) bond motifs is 2. The van der Waals surface area contributed by atoms with Crippen LogP contribution in [0.15, 0.2) is 94.9 Å². The molecule has 398 valence electrons. The lowest BCUT2D eigenvalue weighted by atomic mass is 9.98. The lowest BCUT2D eigenvalue weighted by Crippen LogP contribution is -2.60. The number of nitrogens with two attached hydrogens (primary N) is 4. The Morgan fingerprint density at radius 3 is 1.31 bits per heavy atom. The summed E-state index contributed by atoms with van der Waals surface area (Å²) in [5, 5.41) is 23.8. The van der Waals surface area contributed by atoms with Crippen LogP contribution in [0.25, 0.3) is 21.5 Å². The van der Waals surface area contributed by atoms with Crippen LogP contribution < -0.4 is 60.2 Å². The van der Waals surface area contributed by atoms with Gasteiger partial charge in [-0.2, -0.15) is 0 Å². The molecule has 0 saturated carbocycles. The third-order valence-electron chi connectivity index (χ3n) is 12.5. The van der Waals surface area contributed by atoms with E-state index in [0.717, 1.165) is 27.1 Å². The van der Waals surface area contributed by atoms with E-state index in [-0.39, 0.29) is 108 Å². The molecule has 5 rings (SSSR count). The quantitative estimate of drug-likeness (QED) is 0.0437. The fourth-order valence-corrected chi connectivity index (χ4v) is 8.78. The monoisotopic (exact) mass is 1020 g/mol. The van der Waals surface area contributed by atoms with E-state index < -0.39 is 77.6 Å². The molecule has 20 heteroatoms. The second-order valence-corrected chi connectivity index (χ2v) is 19.7. The number of benzene rings is 4. The Morgan fingerprint density at radius 2 is 0.865 bits per heavy atom. The highest BCUT2D eigenvalue weighted by Crippen LogP contribution is 2.20. The van der Waals surface area contributed by atoms with Crippen LogP contribution in [-0.4, -0.2) is 109 Å². The molecule has 0 bridgehead atoms. The van der Waals surface area contributed by atoms with Crippen molar-refractivity contribution in [3.05, 3.63) is 96.1 Å². The Balaban J connectivity index is 1.55. The van der Waals surface area contributed by atoms with E-state index in [9.17, 15) is 33.6 Å². The van der Waals surface area contributed by atoms with E-state index in [1.807, 2.05) is 113 Å². The average Bonchev–Trinajstić information content (AvgIpc) is 3.35. The van der Waals surface area contributed by atoms with Gasteiger partial charge in [-0.3, -0.25) is 43.5 Å². The molecule has 1 saturated heterocycles. The van der Waals surface area contributed by atoms with Gasteiger partial charge in [0.2, 0.25) is 41.4 Å². The number of carbonyl (C=O) groups is 7. The number of nitrogens with one attached hydrogen (secondary N) is 7. The zero-order chi connectivity index (χ0) is 53.7. The maximum atomic E-state index is 14.8. The summed E-state index contributed by atoms with van der Waals surface area (Å²) < 4.78 is 0. The third kappa shape index (κ3) is 18.7. The normalized spacial score (nSPS) is 21.1. The molecule has 0 unspecified atom stereocenters. The van der Waals surface area contributed by atoms with Gasteiger partial charge in [0.1, 0.15) is 36.3 Å². The number of nitrogens with zero attached hydrogens (tertiary/aromatic N) is 2. The molecule has 0 aromatic heterocycles. The SMILES string of the molecule is CC(C)C[C@@H]1NC(=O)CCCNC(=O)[C@H](Cc2ccc3ccccc3c2)NC(=O)[C@H](CCCN=C(N)N)NC(=O)[C@H](CC(C)C)NC(=O)[C@H](Cc2ccc3ccccc3c2)NC(=O)[C@H](CCCN=C(N)N)NC1=O. The average molecular weight is 1020 g/mol. The first-order chi connectivity index (χ1) is 35.3. The summed E-state index contributed by atoms with van der Waals surface area (Å²) in [6.07, 6.45) is 1.14. The highest BCUT2D eigenvalue weighted by atomic mass is 16.2. The van der Waals surface area contributed by atoms with Gasteiger partial charge in [0.15, 0.2) is 11.9 Å². The van der Waals surface area contributed by atoms with Crippen molar-refractivity contribution in [2.75, 3.05) is 19.6 Å². The Labute approximate surface area is 432 Å². The highest BCUT2D eigenvalue weighted by Gasteiger charge is 2.34. The maximum Gasteiger partial charge on any atom is 0.243 e. The number of hydrogen-bond acceptors (Lipinski definition) is 9. The largest absolute Gasteiger partial charge is 0.370 e. The van der Waals surface area contributed by atoms with Crippen LogP contribution in [0.5, 0.6) is 0 Å². The maximum absolute atomic E-state index is 14.8. The lowest BCUT2D eigenvalue weighted by molar-refractivity contribution is -0.135. The smallest absolute Gasteiger partial charge is 0.243 e. The number of amides is 7. The third-order valence-corrected chi connectivity index (χ3v) is 12.5. The first-order valence-corrected chi connectivity index (χ1v) is 25.5. The minimum absolute atomic E-state index is 0.0182. The van der Waals surface area contributed by atoms with Crippen LogP contribution in [-0.2, 0) is 46.4 Å². The van der Waals surface area contributed by atoms with Gasteiger partial charge in [-0.25, -0.2) is 0 Å². The van der Waals surface area contributed by atoms with Crippen molar-refractivity contribution in [2.45, 2.75) is 128 Å². The van der Waals surface area contributed by atoms with Crippen LogP contribution in [0.4, 0.5) is 0 Å². The zero-order valence-corrected chi connectivity index (χ0v) is 43.0. The van der Waals surface area contributed by atoms with E-state index in [1.165, 1.54) is 0 Å². The van der Waals surface area contributed by atoms with Crippen molar-refractivity contribution in [1.82, 2.24) is 37.2 Å². The predicted molar refractivity (Wildman–Crippen MR) is 288 cm³/mol. The lowest BCUT2D eigenvalue weighted by Gasteiger charge is -2.28. The van der Waals surface area contributed by atoms with E-state index >= 15 is 0 Å². The van der Waals surface area contributed by atoms with Crippen molar-refractivity contribution in [2.24, 2.45) is 44.8 Å². The summed E-state index contributed by atoms with van der Waals surface area (Å²) in [6, 6.07) is 19.7. The molecule has 1 heterocycles. The zero-order valence-electron chi connectivity index (χ0n) is 43.0. The molecule has 0 aliphatic carbocycles. The molecule has 4 aromatic carbocycles. The molecule has 1 aliphatic rings. The first-order valence-electron chi connectivity index (χ1n) is 25.5. The minimum atomic E-state index is -1.29. The number of rotatable bonds is 16. The van der Waals surface area contributed by atoms with Gasteiger partial charge in [0.25, 0.3) is 0 Å². The van der Waals surface area contributed by atoms with Crippen LogP contribution in [0, 0.1) is 11.8 Å². The fourth-order valence-electron chi connectivity index (χ4n) is 8.78. The van der Waals surface area contributed by atoms with E-state index in [0.29, 0.717) is 5.56 Å². The Kier molecular flexibility index (Phi) is 22.0. The van der Waals surface area contributed by atoms with E-state index in [2.05, 4.69) is 47.2 Å². The molecule has 0 spiro atoms. The molecule has 1 fully saturated rings. The molecule has 7 amide bonds. The van der Waals surface area contributed by atoms with E-state index in [4.69, 9.17) is 22.9 Å². The van der Waals surface area contributed by atoms with Gasteiger partial charge < -0.3 is 60.2 Å². The minimum Gasteiger partial charge on any atom is -0.370 e. The van der Waals surface area contributed by atoms with Gasteiger partial charge in [-0.1, -0.05) is 113 Å². The molecule has 15 N–H and O–H groups in total.